The summed E-state index contributed by atoms with van der Waals surface area (Å²) in [6.45, 7) is 0. The summed E-state index contributed by atoms with van der Waals surface area (Å²) in [4.78, 5) is 4.33. The number of imidazole rings is 1. The largest absolute Gasteiger partial charge is 0.334 e. The number of H-pyrrole nitrogens is 1. The standard InChI is InChI=1S/C17H13FN4/c1-22-10-19-15-7-4-12(8-16(15)22)14-9-20-21-17(14)11-2-5-13(18)6-3-11/h2-10H,1H3,(H,20,21). The first-order valence-electron chi connectivity index (χ1n) is 6.93. The number of nitrogens with one attached hydrogen (secondary N) is 1. The molecule has 22 heavy (non-hydrogen) atoms. The van der Waals surface area contributed by atoms with Crippen molar-refractivity contribution < 1.29 is 4.39 Å². The van der Waals surface area contributed by atoms with Crippen molar-refractivity contribution in [3.63, 3.8) is 0 Å². The molecule has 2 aromatic carbocycles. The first-order chi connectivity index (χ1) is 10.7. The molecule has 1 N–H and O–H groups in total. The Morgan fingerprint density at radius 2 is 1.82 bits per heavy atom. The van der Waals surface area contributed by atoms with Crippen molar-refractivity contribution >= 4 is 11.0 Å². The minimum absolute atomic E-state index is 0.249. The number of halogens is 1. The molecule has 5 heteroatoms. The van der Waals surface area contributed by atoms with Crippen LogP contribution in [-0.4, -0.2) is 19.7 Å². The van der Waals surface area contributed by atoms with Crippen molar-refractivity contribution in [2.75, 3.05) is 0 Å². The van der Waals surface area contributed by atoms with Crippen LogP contribution < -0.4 is 0 Å². The Hall–Kier alpha value is -2.95. The van der Waals surface area contributed by atoms with E-state index in [0.29, 0.717) is 0 Å². The number of fused-ring (bicyclic) bond motifs is 1. The van der Waals surface area contributed by atoms with E-state index in [1.807, 2.05) is 23.7 Å². The van der Waals surface area contributed by atoms with Gasteiger partial charge in [-0.1, -0.05) is 6.07 Å². The number of aryl methyl sites for hydroxylation is 1. The number of hydrogen-bond acceptors (Lipinski definition) is 2. The number of aromatic nitrogens is 4. The van der Waals surface area contributed by atoms with Gasteiger partial charge in [0, 0.05) is 18.2 Å². The van der Waals surface area contributed by atoms with Gasteiger partial charge in [-0.05, 0) is 42.0 Å². The van der Waals surface area contributed by atoms with Crippen molar-refractivity contribution in [2.24, 2.45) is 7.05 Å². The van der Waals surface area contributed by atoms with Crippen LogP contribution in [0.15, 0.2) is 55.0 Å². The number of rotatable bonds is 2. The smallest absolute Gasteiger partial charge is 0.123 e. The first kappa shape index (κ1) is 12.8. The maximum absolute atomic E-state index is 13.1. The second kappa shape index (κ2) is 4.80. The van der Waals surface area contributed by atoms with Gasteiger partial charge in [-0.3, -0.25) is 5.10 Å². The van der Waals surface area contributed by atoms with Gasteiger partial charge in [0.05, 0.1) is 29.3 Å². The molecule has 2 heterocycles. The Morgan fingerprint density at radius 1 is 1.05 bits per heavy atom. The van der Waals surface area contributed by atoms with Gasteiger partial charge in [-0.25, -0.2) is 9.37 Å². The summed E-state index contributed by atoms with van der Waals surface area (Å²) in [5, 5.41) is 7.15. The predicted molar refractivity (Wildman–Crippen MR) is 83.7 cm³/mol. The average Bonchev–Trinajstić information content (AvgIpc) is 3.15. The van der Waals surface area contributed by atoms with Crippen LogP contribution in [0.1, 0.15) is 0 Å². The van der Waals surface area contributed by atoms with E-state index in [1.54, 1.807) is 24.7 Å². The Kier molecular flexibility index (Phi) is 2.79. The summed E-state index contributed by atoms with van der Waals surface area (Å²) in [6.07, 6.45) is 3.58. The molecule has 0 bridgehead atoms. The maximum Gasteiger partial charge on any atom is 0.123 e. The highest BCUT2D eigenvalue weighted by Gasteiger charge is 2.11. The molecular formula is C17H13FN4. The van der Waals surface area contributed by atoms with Gasteiger partial charge in [0.1, 0.15) is 5.82 Å². The maximum atomic E-state index is 13.1. The molecule has 0 fully saturated rings. The molecule has 4 rings (SSSR count). The fourth-order valence-electron chi connectivity index (χ4n) is 2.64. The number of nitrogens with zero attached hydrogens (tertiary/aromatic N) is 3. The zero-order valence-corrected chi connectivity index (χ0v) is 11.9. The zero-order chi connectivity index (χ0) is 15.1. The Balaban J connectivity index is 1.87. The van der Waals surface area contributed by atoms with Gasteiger partial charge in [-0.2, -0.15) is 5.10 Å². The molecule has 0 aliphatic carbocycles. The van der Waals surface area contributed by atoms with Crippen molar-refractivity contribution in [3.05, 3.63) is 60.8 Å². The van der Waals surface area contributed by atoms with Gasteiger partial charge in [0.2, 0.25) is 0 Å². The second-order valence-corrected chi connectivity index (χ2v) is 5.22. The van der Waals surface area contributed by atoms with E-state index in [0.717, 1.165) is 33.4 Å². The van der Waals surface area contributed by atoms with E-state index in [2.05, 4.69) is 21.2 Å². The van der Waals surface area contributed by atoms with Crippen LogP contribution in [0.3, 0.4) is 0 Å². The highest BCUT2D eigenvalue weighted by Crippen LogP contribution is 2.31. The third kappa shape index (κ3) is 1.98. The molecule has 0 spiro atoms. The lowest BCUT2D eigenvalue weighted by molar-refractivity contribution is 0.628. The van der Waals surface area contributed by atoms with Gasteiger partial charge in [-0.15, -0.1) is 0 Å². The first-order valence-corrected chi connectivity index (χ1v) is 6.93. The van der Waals surface area contributed by atoms with Crippen LogP contribution in [0.5, 0.6) is 0 Å². The topological polar surface area (TPSA) is 46.5 Å². The minimum Gasteiger partial charge on any atom is -0.334 e. The summed E-state index contributed by atoms with van der Waals surface area (Å²) < 4.78 is 15.1. The normalized spacial score (nSPS) is 11.2. The van der Waals surface area contributed by atoms with E-state index in [1.165, 1.54) is 12.1 Å². The van der Waals surface area contributed by atoms with E-state index in [-0.39, 0.29) is 5.82 Å². The molecule has 0 unspecified atom stereocenters. The molecule has 4 aromatic rings. The Morgan fingerprint density at radius 3 is 2.64 bits per heavy atom. The highest BCUT2D eigenvalue weighted by atomic mass is 19.1. The summed E-state index contributed by atoms with van der Waals surface area (Å²) in [6, 6.07) is 12.5. The third-order valence-electron chi connectivity index (χ3n) is 3.81. The molecule has 4 nitrogen and oxygen atoms in total. The Labute approximate surface area is 126 Å². The van der Waals surface area contributed by atoms with Crippen LogP contribution >= 0.6 is 0 Å². The molecule has 2 aromatic heterocycles. The van der Waals surface area contributed by atoms with Crippen LogP contribution in [0, 0.1) is 5.82 Å². The molecule has 0 atom stereocenters. The average molecular weight is 292 g/mol. The molecule has 0 aliphatic rings. The van der Waals surface area contributed by atoms with Gasteiger partial charge >= 0.3 is 0 Å². The number of benzene rings is 2. The molecule has 0 radical (unpaired) electrons. The van der Waals surface area contributed by atoms with Gasteiger partial charge < -0.3 is 4.57 Å². The van der Waals surface area contributed by atoms with Crippen molar-refractivity contribution in [3.8, 4) is 22.4 Å². The van der Waals surface area contributed by atoms with E-state index < -0.39 is 0 Å². The van der Waals surface area contributed by atoms with Crippen molar-refractivity contribution in [2.45, 2.75) is 0 Å². The van der Waals surface area contributed by atoms with Gasteiger partial charge in [0.25, 0.3) is 0 Å². The molecule has 0 amide bonds. The fourth-order valence-corrected chi connectivity index (χ4v) is 2.64. The van der Waals surface area contributed by atoms with E-state index >= 15 is 0 Å². The van der Waals surface area contributed by atoms with Crippen LogP contribution in [0.25, 0.3) is 33.4 Å². The van der Waals surface area contributed by atoms with Crippen LogP contribution in [0.4, 0.5) is 4.39 Å². The molecule has 108 valence electrons. The molecule has 0 aliphatic heterocycles. The lowest BCUT2D eigenvalue weighted by Gasteiger charge is -2.05. The number of aromatic amines is 1. The van der Waals surface area contributed by atoms with Gasteiger partial charge in [0.15, 0.2) is 0 Å². The second-order valence-electron chi connectivity index (χ2n) is 5.22. The van der Waals surface area contributed by atoms with E-state index in [4.69, 9.17) is 0 Å². The molecule has 0 saturated heterocycles. The lowest BCUT2D eigenvalue weighted by Crippen LogP contribution is -1.86. The predicted octanol–water partition coefficient (Wildman–Crippen LogP) is 3.77. The molecular weight excluding hydrogens is 279 g/mol. The van der Waals surface area contributed by atoms with Crippen LogP contribution in [0.2, 0.25) is 0 Å². The Bertz CT molecular complexity index is 950. The third-order valence-corrected chi connectivity index (χ3v) is 3.81. The minimum atomic E-state index is -0.249. The highest BCUT2D eigenvalue weighted by molar-refractivity contribution is 5.86. The van der Waals surface area contributed by atoms with Crippen LogP contribution in [-0.2, 0) is 7.05 Å². The number of hydrogen-bond donors (Lipinski definition) is 1. The molecule has 0 saturated carbocycles. The summed E-state index contributed by atoms with van der Waals surface area (Å²) in [5.41, 5.74) is 5.82. The SMILES string of the molecule is Cn1cnc2ccc(-c3cn[nH]c3-c3ccc(F)cc3)cc21. The van der Waals surface area contributed by atoms with Crippen molar-refractivity contribution in [1.29, 1.82) is 0 Å². The lowest BCUT2D eigenvalue weighted by atomic mass is 10.0. The van der Waals surface area contributed by atoms with E-state index in [9.17, 15) is 4.39 Å². The summed E-state index contributed by atoms with van der Waals surface area (Å²) in [7, 11) is 1.97. The quantitative estimate of drug-likeness (QED) is 0.611. The zero-order valence-electron chi connectivity index (χ0n) is 11.9. The monoisotopic (exact) mass is 292 g/mol. The summed E-state index contributed by atoms with van der Waals surface area (Å²) in [5.74, 6) is -0.249. The summed E-state index contributed by atoms with van der Waals surface area (Å²) >= 11 is 0. The van der Waals surface area contributed by atoms with Crippen molar-refractivity contribution in [1.82, 2.24) is 19.7 Å². The fraction of sp³-hybridized carbons (Fsp3) is 0.0588.